The highest BCUT2D eigenvalue weighted by molar-refractivity contribution is 5.90. The number of halogens is 2. The van der Waals surface area contributed by atoms with E-state index in [2.05, 4.69) is 4.74 Å². The van der Waals surface area contributed by atoms with Crippen LogP contribution in [0.4, 0.5) is 8.78 Å². The van der Waals surface area contributed by atoms with E-state index in [-0.39, 0.29) is 6.61 Å². The van der Waals surface area contributed by atoms with Crippen LogP contribution < -0.4 is 0 Å². The predicted octanol–water partition coefficient (Wildman–Crippen LogP) is 1.75. The molecule has 0 aliphatic carbocycles. The maximum absolute atomic E-state index is 12.9. The smallest absolute Gasteiger partial charge is 0.345 e. The fourth-order valence-corrected chi connectivity index (χ4v) is 0.872. The van der Waals surface area contributed by atoms with Gasteiger partial charge in [-0.3, -0.25) is 0 Å². The van der Waals surface area contributed by atoms with E-state index < -0.39 is 23.2 Å². The minimum Gasteiger partial charge on any atom is -0.449 e. The molecular formula is C10H6F2O2. The molecule has 0 aliphatic heterocycles. The largest absolute Gasteiger partial charge is 0.449 e. The summed E-state index contributed by atoms with van der Waals surface area (Å²) in [5.41, 5.74) is -0.720. The lowest BCUT2D eigenvalue weighted by Gasteiger charge is -2.02. The molecule has 0 N–H and O–H groups in total. The highest BCUT2D eigenvalue weighted by Gasteiger charge is 2.17. The Bertz CT molecular complexity index is 373. The second-order valence-electron chi connectivity index (χ2n) is 2.38. The van der Waals surface area contributed by atoms with Crippen molar-refractivity contribution in [3.05, 3.63) is 35.4 Å². The van der Waals surface area contributed by atoms with Crippen LogP contribution in [0.3, 0.4) is 0 Å². The molecule has 1 aromatic rings. The Kier molecular flexibility index (Phi) is 3.19. The van der Waals surface area contributed by atoms with Gasteiger partial charge in [-0.1, -0.05) is 12.0 Å². The van der Waals surface area contributed by atoms with Gasteiger partial charge in [0.1, 0.15) is 17.2 Å². The van der Waals surface area contributed by atoms with Gasteiger partial charge in [-0.2, -0.15) is 0 Å². The van der Waals surface area contributed by atoms with Crippen molar-refractivity contribution < 1.29 is 18.3 Å². The Labute approximate surface area is 79.5 Å². The van der Waals surface area contributed by atoms with E-state index in [0.29, 0.717) is 0 Å². The van der Waals surface area contributed by atoms with E-state index in [9.17, 15) is 13.6 Å². The van der Waals surface area contributed by atoms with Crippen LogP contribution in [0.15, 0.2) is 18.2 Å². The summed E-state index contributed by atoms with van der Waals surface area (Å²) < 4.78 is 30.3. The van der Waals surface area contributed by atoms with Crippen molar-refractivity contribution in [2.45, 2.75) is 0 Å². The van der Waals surface area contributed by atoms with Gasteiger partial charge in [0, 0.05) is 0 Å². The summed E-state index contributed by atoms with van der Waals surface area (Å²) in [5.74, 6) is -1.01. The van der Waals surface area contributed by atoms with Crippen molar-refractivity contribution in [3.8, 4) is 12.3 Å². The first kappa shape index (κ1) is 10.2. The van der Waals surface area contributed by atoms with Crippen molar-refractivity contribution >= 4 is 5.97 Å². The molecule has 14 heavy (non-hydrogen) atoms. The molecule has 2 nitrogen and oxygen atoms in total. The van der Waals surface area contributed by atoms with Gasteiger partial charge in [0.15, 0.2) is 6.61 Å². The topological polar surface area (TPSA) is 26.3 Å². The molecule has 4 heteroatoms. The summed E-state index contributed by atoms with van der Waals surface area (Å²) in [6.07, 6.45) is 4.82. The van der Waals surface area contributed by atoms with Crippen LogP contribution in [-0.2, 0) is 4.74 Å². The molecule has 0 spiro atoms. The number of benzene rings is 1. The van der Waals surface area contributed by atoms with Crippen molar-refractivity contribution in [1.82, 2.24) is 0 Å². The first-order chi connectivity index (χ1) is 6.66. The van der Waals surface area contributed by atoms with E-state index in [1.165, 1.54) is 0 Å². The lowest BCUT2D eigenvalue weighted by molar-refractivity contribution is 0.0546. The minimum atomic E-state index is -1.10. The molecule has 0 unspecified atom stereocenters. The molecule has 72 valence electrons. The number of carbonyl (C=O) groups excluding carboxylic acids is 1. The highest BCUT2D eigenvalue weighted by atomic mass is 19.1. The summed E-state index contributed by atoms with van der Waals surface area (Å²) in [4.78, 5) is 11.0. The molecule has 0 amide bonds. The fraction of sp³-hybridized carbons (Fsp3) is 0.100. The van der Waals surface area contributed by atoms with Crippen molar-refractivity contribution in [2.24, 2.45) is 0 Å². The van der Waals surface area contributed by atoms with Gasteiger partial charge in [0.25, 0.3) is 0 Å². The molecule has 0 saturated carbocycles. The number of ether oxygens (including phenoxy) is 1. The Morgan fingerprint density at radius 2 is 2.00 bits per heavy atom. The molecule has 0 aromatic heterocycles. The second-order valence-corrected chi connectivity index (χ2v) is 2.38. The van der Waals surface area contributed by atoms with Gasteiger partial charge in [0.05, 0.1) is 0 Å². The van der Waals surface area contributed by atoms with Crippen LogP contribution in [-0.4, -0.2) is 12.6 Å². The van der Waals surface area contributed by atoms with Gasteiger partial charge in [-0.05, 0) is 12.1 Å². The molecule has 0 heterocycles. The molecular weight excluding hydrogens is 190 g/mol. The number of hydrogen-bond acceptors (Lipinski definition) is 2. The summed E-state index contributed by atoms with van der Waals surface area (Å²) in [6.45, 7) is -0.313. The highest BCUT2D eigenvalue weighted by Crippen LogP contribution is 2.12. The van der Waals surface area contributed by atoms with E-state index in [4.69, 9.17) is 6.42 Å². The lowest BCUT2D eigenvalue weighted by Crippen LogP contribution is -2.10. The SMILES string of the molecule is C#CCOC(=O)c1c(F)cccc1F. The molecule has 0 bridgehead atoms. The normalized spacial score (nSPS) is 9.21. The molecule has 1 aromatic carbocycles. The Balaban J connectivity index is 2.95. The van der Waals surface area contributed by atoms with Crippen molar-refractivity contribution in [3.63, 3.8) is 0 Å². The first-order valence-corrected chi connectivity index (χ1v) is 3.71. The van der Waals surface area contributed by atoms with Crippen LogP contribution in [0.5, 0.6) is 0 Å². The van der Waals surface area contributed by atoms with E-state index in [1.807, 2.05) is 5.92 Å². The van der Waals surface area contributed by atoms with E-state index in [0.717, 1.165) is 18.2 Å². The Hall–Kier alpha value is -1.89. The molecule has 0 aliphatic rings. The van der Waals surface area contributed by atoms with Gasteiger partial charge in [-0.15, -0.1) is 6.42 Å². The third-order valence-electron chi connectivity index (χ3n) is 1.45. The lowest BCUT2D eigenvalue weighted by atomic mass is 10.2. The van der Waals surface area contributed by atoms with Crippen LogP contribution in [0.2, 0.25) is 0 Å². The van der Waals surface area contributed by atoms with Gasteiger partial charge in [0.2, 0.25) is 0 Å². The van der Waals surface area contributed by atoms with Crippen LogP contribution in [0, 0.1) is 24.0 Å². The summed E-state index contributed by atoms with van der Waals surface area (Å²) >= 11 is 0. The predicted molar refractivity (Wildman–Crippen MR) is 45.5 cm³/mol. The summed E-state index contributed by atoms with van der Waals surface area (Å²) in [7, 11) is 0. The first-order valence-electron chi connectivity index (χ1n) is 3.71. The Morgan fingerprint density at radius 1 is 1.43 bits per heavy atom. The maximum Gasteiger partial charge on any atom is 0.345 e. The zero-order chi connectivity index (χ0) is 10.6. The molecule has 0 fully saturated rings. The zero-order valence-electron chi connectivity index (χ0n) is 7.09. The van der Waals surface area contributed by atoms with Gasteiger partial charge in [-0.25, -0.2) is 13.6 Å². The second kappa shape index (κ2) is 4.38. The molecule has 0 atom stereocenters. The zero-order valence-corrected chi connectivity index (χ0v) is 7.09. The Morgan fingerprint density at radius 3 is 2.50 bits per heavy atom. The van der Waals surface area contributed by atoms with Crippen LogP contribution >= 0.6 is 0 Å². The number of hydrogen-bond donors (Lipinski definition) is 0. The number of terminal acetylenes is 1. The minimum absolute atomic E-state index is 0.313. The fourth-order valence-electron chi connectivity index (χ4n) is 0.872. The number of rotatable bonds is 2. The quantitative estimate of drug-likeness (QED) is 0.532. The van der Waals surface area contributed by atoms with E-state index >= 15 is 0 Å². The maximum atomic E-state index is 12.9. The monoisotopic (exact) mass is 196 g/mol. The van der Waals surface area contributed by atoms with Crippen LogP contribution in [0.25, 0.3) is 0 Å². The summed E-state index contributed by atoms with van der Waals surface area (Å²) in [5, 5.41) is 0. The third-order valence-corrected chi connectivity index (χ3v) is 1.45. The standard InChI is InChI=1S/C10H6F2O2/c1-2-6-14-10(13)9-7(11)4-3-5-8(9)12/h1,3-5H,6H2. The average Bonchev–Trinajstić information content (AvgIpc) is 2.14. The van der Waals surface area contributed by atoms with Gasteiger partial charge < -0.3 is 4.74 Å². The molecule has 1 rings (SSSR count). The average molecular weight is 196 g/mol. The third kappa shape index (κ3) is 2.07. The van der Waals surface area contributed by atoms with Crippen LogP contribution in [0.1, 0.15) is 10.4 Å². The van der Waals surface area contributed by atoms with Crippen molar-refractivity contribution in [1.29, 1.82) is 0 Å². The summed E-state index contributed by atoms with van der Waals surface area (Å²) in [6, 6.07) is 3.09. The molecule has 0 saturated heterocycles. The number of esters is 1. The van der Waals surface area contributed by atoms with Crippen molar-refractivity contribution in [2.75, 3.05) is 6.61 Å². The molecule has 0 radical (unpaired) electrons. The number of carbonyl (C=O) groups is 1. The van der Waals surface area contributed by atoms with Gasteiger partial charge >= 0.3 is 5.97 Å². The van der Waals surface area contributed by atoms with E-state index in [1.54, 1.807) is 0 Å².